The molecule has 7 heteroatoms. The molecule has 22 heavy (non-hydrogen) atoms. The minimum atomic E-state index is 0.369. The van der Waals surface area contributed by atoms with Gasteiger partial charge in [-0.1, -0.05) is 23.5 Å². The number of anilines is 2. The normalized spacial score (nSPS) is 17.7. The minimum absolute atomic E-state index is 0.369. The van der Waals surface area contributed by atoms with Gasteiger partial charge >= 0.3 is 0 Å². The molecule has 1 saturated heterocycles. The van der Waals surface area contributed by atoms with Crippen LogP contribution in [0.4, 0.5) is 10.8 Å². The number of hydrogen-bond acceptors (Lipinski definition) is 7. The topological polar surface area (TPSA) is 59.5 Å². The van der Waals surface area contributed by atoms with Crippen molar-refractivity contribution in [1.29, 1.82) is 0 Å². The molecule has 0 spiro atoms. The Labute approximate surface area is 134 Å². The lowest BCUT2D eigenvalue weighted by molar-refractivity contribution is 0.184. The maximum Gasteiger partial charge on any atom is 0.206 e. The summed E-state index contributed by atoms with van der Waals surface area (Å²) in [6.07, 6.45) is 1.07. The molecule has 1 aliphatic heterocycles. The molecule has 2 heterocycles. The summed E-state index contributed by atoms with van der Waals surface area (Å²) in [6, 6.07) is 8.50. The van der Waals surface area contributed by atoms with Crippen molar-refractivity contribution in [2.24, 2.45) is 0 Å². The van der Waals surface area contributed by atoms with Crippen LogP contribution in [-0.4, -0.2) is 43.5 Å². The molecule has 3 rings (SSSR count). The van der Waals surface area contributed by atoms with Crippen molar-refractivity contribution in [2.45, 2.75) is 19.1 Å². The Morgan fingerprint density at radius 3 is 3.00 bits per heavy atom. The molecular formula is C15H20N4O2S. The highest BCUT2D eigenvalue weighted by Crippen LogP contribution is 2.31. The molecule has 2 aromatic rings. The Morgan fingerprint density at radius 2 is 2.18 bits per heavy atom. The maximum atomic E-state index is 5.45. The fourth-order valence-corrected chi connectivity index (χ4v) is 3.45. The number of nitrogens with zero attached hydrogens (tertiary/aromatic N) is 3. The van der Waals surface area contributed by atoms with Crippen LogP contribution in [0.1, 0.15) is 11.4 Å². The Morgan fingerprint density at radius 1 is 1.32 bits per heavy atom. The number of ether oxygens (including phenoxy) is 2. The zero-order valence-corrected chi connectivity index (χ0v) is 13.6. The molecule has 1 N–H and O–H groups in total. The van der Waals surface area contributed by atoms with Gasteiger partial charge in [0.05, 0.1) is 12.8 Å². The van der Waals surface area contributed by atoms with Gasteiger partial charge in [0.15, 0.2) is 0 Å². The first kappa shape index (κ1) is 15.1. The third-order valence-corrected chi connectivity index (χ3v) is 4.50. The Hall–Kier alpha value is -1.86. The summed E-state index contributed by atoms with van der Waals surface area (Å²) >= 11 is 1.55. The lowest BCUT2D eigenvalue weighted by Crippen LogP contribution is -2.26. The van der Waals surface area contributed by atoms with Gasteiger partial charge in [-0.2, -0.15) is 0 Å². The number of benzene rings is 1. The second kappa shape index (κ2) is 6.93. The first-order valence-electron chi connectivity index (χ1n) is 7.26. The largest absolute Gasteiger partial charge is 0.495 e. The second-order valence-electron chi connectivity index (χ2n) is 5.18. The summed E-state index contributed by atoms with van der Waals surface area (Å²) in [4.78, 5) is 2.34. The quantitative estimate of drug-likeness (QED) is 0.882. The molecule has 1 aliphatic rings. The van der Waals surface area contributed by atoms with Gasteiger partial charge in [0.1, 0.15) is 17.4 Å². The smallest absolute Gasteiger partial charge is 0.206 e. The third-order valence-electron chi connectivity index (χ3n) is 3.68. The van der Waals surface area contributed by atoms with Crippen LogP contribution >= 0.6 is 11.3 Å². The van der Waals surface area contributed by atoms with Crippen LogP contribution in [0, 0.1) is 0 Å². The van der Waals surface area contributed by atoms with Crippen LogP contribution in [0.5, 0.6) is 5.75 Å². The van der Waals surface area contributed by atoms with Crippen molar-refractivity contribution in [2.75, 3.05) is 37.5 Å². The van der Waals surface area contributed by atoms with E-state index >= 15 is 0 Å². The number of hydrogen-bond donors (Lipinski definition) is 1. The summed E-state index contributed by atoms with van der Waals surface area (Å²) in [6.45, 7) is 2.44. The van der Waals surface area contributed by atoms with E-state index in [9.17, 15) is 0 Å². The summed E-state index contributed by atoms with van der Waals surface area (Å²) < 4.78 is 10.5. The molecule has 1 fully saturated rings. The monoisotopic (exact) mass is 320 g/mol. The molecule has 1 aromatic heterocycles. The van der Waals surface area contributed by atoms with E-state index in [2.05, 4.69) is 26.5 Å². The lowest BCUT2D eigenvalue weighted by atomic mass is 10.2. The van der Waals surface area contributed by atoms with Crippen LogP contribution in [0.3, 0.4) is 0 Å². The van der Waals surface area contributed by atoms with E-state index in [-0.39, 0.29) is 0 Å². The van der Waals surface area contributed by atoms with Crippen LogP contribution in [0.25, 0.3) is 0 Å². The molecule has 1 aromatic carbocycles. The Balaban J connectivity index is 1.62. The van der Waals surface area contributed by atoms with Gasteiger partial charge in [0.2, 0.25) is 5.13 Å². The van der Waals surface area contributed by atoms with Gasteiger partial charge in [-0.05, 0) is 18.6 Å². The molecule has 0 radical (unpaired) electrons. The van der Waals surface area contributed by atoms with Gasteiger partial charge in [0, 0.05) is 26.2 Å². The zero-order chi connectivity index (χ0) is 15.4. The van der Waals surface area contributed by atoms with E-state index in [1.54, 1.807) is 25.6 Å². The molecule has 118 valence electrons. The van der Waals surface area contributed by atoms with Crippen LogP contribution in [0.2, 0.25) is 0 Å². The molecule has 6 nitrogen and oxygen atoms in total. The van der Waals surface area contributed by atoms with E-state index in [0.29, 0.717) is 12.6 Å². The molecule has 0 amide bonds. The van der Waals surface area contributed by atoms with Crippen LogP contribution < -0.4 is 15.0 Å². The van der Waals surface area contributed by atoms with E-state index in [1.165, 1.54) is 0 Å². The zero-order valence-electron chi connectivity index (χ0n) is 12.8. The summed E-state index contributed by atoms with van der Waals surface area (Å²) in [7, 11) is 3.37. The molecule has 0 saturated carbocycles. The first-order chi connectivity index (χ1) is 10.8. The summed E-state index contributed by atoms with van der Waals surface area (Å²) in [5, 5.41) is 13.5. The van der Waals surface area contributed by atoms with E-state index < -0.39 is 0 Å². The van der Waals surface area contributed by atoms with Gasteiger partial charge in [-0.25, -0.2) is 0 Å². The number of para-hydroxylation sites is 2. The van der Waals surface area contributed by atoms with Crippen LogP contribution in [-0.2, 0) is 11.3 Å². The fourth-order valence-electron chi connectivity index (χ4n) is 2.66. The van der Waals surface area contributed by atoms with Gasteiger partial charge in [0.25, 0.3) is 0 Å². The summed E-state index contributed by atoms with van der Waals surface area (Å²) in [5.74, 6) is 0.918. The lowest BCUT2D eigenvalue weighted by Gasteiger charge is -2.21. The van der Waals surface area contributed by atoms with Crippen molar-refractivity contribution in [3.8, 4) is 5.75 Å². The van der Waals surface area contributed by atoms with Crippen molar-refractivity contribution in [1.82, 2.24) is 10.2 Å². The molecule has 0 aliphatic carbocycles. The average molecular weight is 320 g/mol. The number of nitrogens with one attached hydrogen (secondary N) is 1. The van der Waals surface area contributed by atoms with Gasteiger partial charge in [-0.3, -0.25) is 0 Å². The maximum absolute atomic E-state index is 5.45. The standard InChI is InChI=1S/C15H20N4O2S/c1-20-10-14-17-18-15(22-14)16-11-7-8-19(9-11)12-5-3-4-6-13(12)21-2/h3-6,11H,7-10H2,1-2H3,(H,16,18). The molecular weight excluding hydrogens is 300 g/mol. The van der Waals surface area contributed by atoms with Crippen molar-refractivity contribution in [3.05, 3.63) is 29.3 Å². The molecule has 1 atom stereocenters. The van der Waals surface area contributed by atoms with Crippen molar-refractivity contribution in [3.63, 3.8) is 0 Å². The summed E-state index contributed by atoms with van der Waals surface area (Å²) in [5.41, 5.74) is 1.15. The van der Waals surface area contributed by atoms with Crippen LogP contribution in [0.15, 0.2) is 24.3 Å². The SMILES string of the molecule is COCc1nnc(NC2CCN(c3ccccc3OC)C2)s1. The number of aromatic nitrogens is 2. The van der Waals surface area contributed by atoms with Gasteiger partial charge < -0.3 is 19.7 Å². The van der Waals surface area contributed by atoms with E-state index in [1.807, 2.05) is 18.2 Å². The molecule has 0 bridgehead atoms. The fraction of sp³-hybridized carbons (Fsp3) is 0.467. The predicted octanol–water partition coefficient (Wildman–Crippen LogP) is 2.38. The highest BCUT2D eigenvalue weighted by Gasteiger charge is 2.25. The van der Waals surface area contributed by atoms with E-state index in [0.717, 1.165) is 41.1 Å². The van der Waals surface area contributed by atoms with Gasteiger partial charge in [-0.15, -0.1) is 10.2 Å². The average Bonchev–Trinajstić information content (AvgIpc) is 3.18. The van der Waals surface area contributed by atoms with Crippen molar-refractivity contribution >= 4 is 22.2 Å². The highest BCUT2D eigenvalue weighted by atomic mass is 32.1. The second-order valence-corrected chi connectivity index (χ2v) is 6.24. The predicted molar refractivity (Wildman–Crippen MR) is 87.9 cm³/mol. The Kier molecular flexibility index (Phi) is 4.74. The van der Waals surface area contributed by atoms with E-state index in [4.69, 9.17) is 9.47 Å². The first-order valence-corrected chi connectivity index (χ1v) is 8.07. The number of rotatable bonds is 6. The highest BCUT2D eigenvalue weighted by molar-refractivity contribution is 7.15. The molecule has 1 unspecified atom stereocenters. The third kappa shape index (κ3) is 3.31. The minimum Gasteiger partial charge on any atom is -0.495 e. The Bertz CT molecular complexity index is 619. The van der Waals surface area contributed by atoms with Crippen molar-refractivity contribution < 1.29 is 9.47 Å². The number of methoxy groups -OCH3 is 2.